The first-order valence-electron chi connectivity index (χ1n) is 3.42. The van der Waals surface area contributed by atoms with Gasteiger partial charge >= 0.3 is 0 Å². The molecule has 0 heterocycles. The second-order valence-electron chi connectivity index (χ2n) is 1.90. The fourth-order valence-corrected chi connectivity index (χ4v) is 0.522. The lowest BCUT2D eigenvalue weighted by Crippen LogP contribution is -1.93. The smallest absolute Gasteiger partial charge is 0.0644 e. The van der Waals surface area contributed by atoms with Crippen LogP contribution in [0.2, 0.25) is 0 Å². The second-order valence-corrected chi connectivity index (χ2v) is 1.90. The molecule has 0 saturated heterocycles. The average molecular weight is 127 g/mol. The molecule has 0 aromatic carbocycles. The molecule has 1 radical (unpaired) electrons. The van der Waals surface area contributed by atoms with Gasteiger partial charge in [-0.1, -0.05) is 19.4 Å². The van der Waals surface area contributed by atoms with Crippen molar-refractivity contribution in [2.45, 2.75) is 19.8 Å². The molecular formula is C8H15O. The van der Waals surface area contributed by atoms with Gasteiger partial charge in [0.2, 0.25) is 0 Å². The summed E-state index contributed by atoms with van der Waals surface area (Å²) in [6, 6.07) is 0. The van der Waals surface area contributed by atoms with E-state index in [4.69, 9.17) is 4.74 Å². The summed E-state index contributed by atoms with van der Waals surface area (Å²) >= 11 is 0. The lowest BCUT2D eigenvalue weighted by Gasteiger charge is -1.97. The Balaban J connectivity index is 2.66. The second kappa shape index (κ2) is 7.70. The van der Waals surface area contributed by atoms with E-state index in [-0.39, 0.29) is 0 Å². The summed E-state index contributed by atoms with van der Waals surface area (Å²) in [4.78, 5) is 0. The molecule has 0 fully saturated rings. The zero-order valence-electron chi connectivity index (χ0n) is 6.10. The molecule has 0 saturated carbocycles. The van der Waals surface area contributed by atoms with Crippen LogP contribution in [0.4, 0.5) is 0 Å². The zero-order chi connectivity index (χ0) is 6.95. The van der Waals surface area contributed by atoms with Crippen molar-refractivity contribution >= 4 is 0 Å². The van der Waals surface area contributed by atoms with Crippen LogP contribution in [-0.2, 0) is 4.74 Å². The highest BCUT2D eigenvalue weighted by molar-refractivity contribution is 4.67. The van der Waals surface area contributed by atoms with Gasteiger partial charge in [-0.15, -0.1) is 6.58 Å². The van der Waals surface area contributed by atoms with Crippen molar-refractivity contribution in [1.82, 2.24) is 0 Å². The van der Waals surface area contributed by atoms with E-state index in [9.17, 15) is 0 Å². The maximum Gasteiger partial charge on any atom is 0.0644 e. The largest absolute Gasteiger partial charge is 0.377 e. The zero-order valence-corrected chi connectivity index (χ0v) is 6.10. The van der Waals surface area contributed by atoms with Crippen molar-refractivity contribution in [2.24, 2.45) is 0 Å². The van der Waals surface area contributed by atoms with E-state index < -0.39 is 0 Å². The van der Waals surface area contributed by atoms with Crippen molar-refractivity contribution in [2.75, 3.05) is 13.2 Å². The summed E-state index contributed by atoms with van der Waals surface area (Å²) in [5.74, 6) is 0. The summed E-state index contributed by atoms with van der Waals surface area (Å²) in [7, 11) is 0. The fourth-order valence-electron chi connectivity index (χ4n) is 0.522. The molecule has 1 nitrogen and oxygen atoms in total. The fraction of sp³-hybridized carbons (Fsp3) is 0.625. The van der Waals surface area contributed by atoms with Gasteiger partial charge in [0.15, 0.2) is 0 Å². The van der Waals surface area contributed by atoms with Crippen LogP contribution in [0.1, 0.15) is 19.8 Å². The topological polar surface area (TPSA) is 9.23 Å². The molecule has 0 aliphatic rings. The van der Waals surface area contributed by atoms with Crippen LogP contribution >= 0.6 is 0 Å². The molecule has 0 unspecified atom stereocenters. The number of rotatable bonds is 6. The van der Waals surface area contributed by atoms with Gasteiger partial charge in [0.25, 0.3) is 0 Å². The van der Waals surface area contributed by atoms with E-state index in [1.165, 1.54) is 6.42 Å². The van der Waals surface area contributed by atoms with E-state index in [2.05, 4.69) is 19.9 Å². The summed E-state index contributed by atoms with van der Waals surface area (Å²) in [6.45, 7) is 7.13. The first-order chi connectivity index (χ1) is 4.41. The maximum atomic E-state index is 5.11. The monoisotopic (exact) mass is 127 g/mol. The normalized spacial score (nSPS) is 9.44. The molecule has 0 atom stereocenters. The lowest BCUT2D eigenvalue weighted by molar-refractivity contribution is 0.182. The van der Waals surface area contributed by atoms with Crippen LogP contribution < -0.4 is 0 Å². The first-order valence-corrected chi connectivity index (χ1v) is 3.42. The maximum absolute atomic E-state index is 5.11. The molecule has 53 valence electrons. The van der Waals surface area contributed by atoms with Gasteiger partial charge in [-0.2, -0.15) is 0 Å². The molecule has 1 heteroatoms. The Kier molecular flexibility index (Phi) is 7.44. The van der Waals surface area contributed by atoms with Crippen LogP contribution in [-0.4, -0.2) is 13.2 Å². The van der Waals surface area contributed by atoms with Crippen molar-refractivity contribution in [3.63, 3.8) is 0 Å². The van der Waals surface area contributed by atoms with Crippen LogP contribution in [0.5, 0.6) is 0 Å². The Morgan fingerprint density at radius 1 is 1.44 bits per heavy atom. The summed E-state index contributed by atoms with van der Waals surface area (Å²) < 4.78 is 5.11. The van der Waals surface area contributed by atoms with E-state index in [1.54, 1.807) is 6.08 Å². The Morgan fingerprint density at radius 3 is 2.78 bits per heavy atom. The van der Waals surface area contributed by atoms with Gasteiger partial charge in [-0.3, -0.25) is 0 Å². The predicted molar refractivity (Wildman–Crippen MR) is 40.2 cm³/mol. The van der Waals surface area contributed by atoms with E-state index in [0.29, 0.717) is 6.61 Å². The molecule has 0 aromatic heterocycles. The third-order valence-corrected chi connectivity index (χ3v) is 0.964. The molecule has 0 spiro atoms. The molecule has 0 amide bonds. The highest BCUT2D eigenvalue weighted by Gasteiger charge is 1.83. The molecule has 0 rings (SSSR count). The quantitative estimate of drug-likeness (QED) is 0.392. The molecule has 0 aromatic rings. The highest BCUT2D eigenvalue weighted by atomic mass is 16.5. The van der Waals surface area contributed by atoms with Gasteiger partial charge in [-0.25, -0.2) is 0 Å². The summed E-state index contributed by atoms with van der Waals surface area (Å²) in [5, 5.41) is 0. The standard InChI is InChI=1S/C8H15O/c1-3-5-6-8-9-7-4-2/h4,6H,2-3,5,7-8H2,1H3. The third kappa shape index (κ3) is 7.70. The SMILES string of the molecule is C=CCOC[CH]CCC. The molecule has 9 heavy (non-hydrogen) atoms. The van der Waals surface area contributed by atoms with Crippen LogP contribution in [0.25, 0.3) is 0 Å². The van der Waals surface area contributed by atoms with Crippen molar-refractivity contribution in [3.05, 3.63) is 19.1 Å². The Bertz CT molecular complexity index is 59.6. The van der Waals surface area contributed by atoms with Crippen LogP contribution in [0.15, 0.2) is 12.7 Å². The van der Waals surface area contributed by atoms with Crippen molar-refractivity contribution < 1.29 is 4.74 Å². The molecule has 0 bridgehead atoms. The Labute approximate surface area is 57.7 Å². The minimum absolute atomic E-state index is 0.667. The minimum Gasteiger partial charge on any atom is -0.377 e. The molecule has 0 aliphatic heterocycles. The molecular weight excluding hydrogens is 112 g/mol. The highest BCUT2D eigenvalue weighted by Crippen LogP contribution is 1.91. The number of ether oxygens (including phenoxy) is 1. The lowest BCUT2D eigenvalue weighted by atomic mass is 10.3. The average Bonchev–Trinajstić information content (AvgIpc) is 1.89. The predicted octanol–water partition coefficient (Wildman–Crippen LogP) is 2.19. The van der Waals surface area contributed by atoms with Crippen LogP contribution in [0.3, 0.4) is 0 Å². The third-order valence-electron chi connectivity index (χ3n) is 0.964. The Morgan fingerprint density at radius 2 is 2.22 bits per heavy atom. The number of hydrogen-bond acceptors (Lipinski definition) is 1. The van der Waals surface area contributed by atoms with E-state index in [1.807, 2.05) is 0 Å². The van der Waals surface area contributed by atoms with Crippen molar-refractivity contribution in [3.8, 4) is 0 Å². The van der Waals surface area contributed by atoms with E-state index >= 15 is 0 Å². The molecule has 0 N–H and O–H groups in total. The van der Waals surface area contributed by atoms with Gasteiger partial charge in [-0.05, 0) is 12.8 Å². The van der Waals surface area contributed by atoms with Gasteiger partial charge in [0.05, 0.1) is 13.2 Å². The summed E-state index contributed by atoms with van der Waals surface area (Å²) in [5.41, 5.74) is 0. The molecule has 0 aliphatic carbocycles. The minimum atomic E-state index is 0.667. The van der Waals surface area contributed by atoms with Gasteiger partial charge in [0.1, 0.15) is 0 Å². The van der Waals surface area contributed by atoms with Gasteiger partial charge in [0, 0.05) is 0 Å². The van der Waals surface area contributed by atoms with E-state index in [0.717, 1.165) is 13.0 Å². The van der Waals surface area contributed by atoms with Gasteiger partial charge < -0.3 is 4.74 Å². The number of hydrogen-bond donors (Lipinski definition) is 0. The van der Waals surface area contributed by atoms with Crippen molar-refractivity contribution in [1.29, 1.82) is 0 Å². The Hall–Kier alpha value is -0.300. The van der Waals surface area contributed by atoms with Crippen LogP contribution in [0, 0.1) is 6.42 Å². The number of unbranched alkanes of at least 4 members (excludes halogenated alkanes) is 2. The first kappa shape index (κ1) is 8.70. The summed E-state index contributed by atoms with van der Waals surface area (Å²) in [6.07, 6.45) is 6.26.